The molecule has 4 saturated carbocycles. The van der Waals surface area contributed by atoms with Gasteiger partial charge in [-0.05, 0) is 104 Å². The minimum Gasteiger partial charge on any atom is -0.691 e. The first kappa shape index (κ1) is 50.3. The predicted molar refractivity (Wildman–Crippen MR) is 217 cm³/mol. The van der Waals surface area contributed by atoms with Gasteiger partial charge in [-0.25, -0.2) is 0 Å². The zero-order valence-electron chi connectivity index (χ0n) is 35.8. The highest BCUT2D eigenvalue weighted by Crippen LogP contribution is 2.70. The number of rotatable bonds is 22. The van der Waals surface area contributed by atoms with Crippen LogP contribution in [0.25, 0.3) is 0 Å². The number of carboxylic acids is 1. The van der Waals surface area contributed by atoms with Gasteiger partial charge in [0.2, 0.25) is 5.91 Å². The molecule has 5 aliphatic rings. The molecule has 1 saturated heterocycles. The van der Waals surface area contributed by atoms with Crippen LogP contribution in [-0.2, 0) is 71.7 Å². The van der Waals surface area contributed by atoms with Crippen molar-refractivity contribution >= 4 is 48.5 Å². The van der Waals surface area contributed by atoms with Gasteiger partial charge >= 0.3 is 17.9 Å². The first-order chi connectivity index (χ1) is 30.6. The Balaban J connectivity index is 1.23. The van der Waals surface area contributed by atoms with Crippen LogP contribution in [0.1, 0.15) is 90.5 Å². The van der Waals surface area contributed by atoms with Crippen LogP contribution in [-0.4, -0.2) is 95.2 Å². The van der Waals surface area contributed by atoms with Crippen LogP contribution >= 0.6 is 24.6 Å². The Labute approximate surface area is 379 Å². The lowest BCUT2D eigenvalue weighted by Gasteiger charge is -2.62. The smallest absolute Gasteiger partial charge is 0.306 e. The summed E-state index contributed by atoms with van der Waals surface area (Å²) < 4.78 is 44.8. The summed E-state index contributed by atoms with van der Waals surface area (Å²) >= 11 is 0.0886. The lowest BCUT2D eigenvalue weighted by Crippen LogP contribution is -2.63. The molecule has 0 aromatic heterocycles. The van der Waals surface area contributed by atoms with E-state index in [9.17, 15) is 45.0 Å². The van der Waals surface area contributed by atoms with E-state index in [0.717, 1.165) is 30.4 Å². The maximum Gasteiger partial charge on any atom is 0.306 e. The van der Waals surface area contributed by atoms with Crippen molar-refractivity contribution in [1.82, 2.24) is 5.32 Å². The van der Waals surface area contributed by atoms with E-state index in [4.69, 9.17) is 27.3 Å². The maximum atomic E-state index is 13.4. The molecule has 2 bridgehead atoms. The number of carbonyl (C=O) groups is 4. The zero-order chi connectivity index (χ0) is 46.2. The van der Waals surface area contributed by atoms with E-state index in [2.05, 4.69) is 37.6 Å². The topological polar surface area (TPSA) is 279 Å². The number of fused-ring (bicyclic) bond motifs is 3. The van der Waals surface area contributed by atoms with Gasteiger partial charge in [-0.2, -0.15) is 0 Å². The number of aromatic hydroxyl groups is 1. The molecule has 1 aliphatic heterocycles. The van der Waals surface area contributed by atoms with Crippen molar-refractivity contribution in [2.24, 2.45) is 40.4 Å². The molecule has 1 spiro atoms. The van der Waals surface area contributed by atoms with E-state index in [1.807, 2.05) is 0 Å². The SMILES string of the molecule is C=C1C2CCC3C4(C)CC(O[C@@H]5O[C@@H](COC(=O)CCC(=O)NCCc6ccc(O)cc6)[C@@H](OSOO[O-])[C@@H](OSOO[O-])C5OC(=O)CC(C)C)CC(C(=O)O)C4CCC3(C2)[C@H]1O. The molecular formula is C42H57NO19S2-2. The molecule has 6 rings (SSSR count). The van der Waals surface area contributed by atoms with Crippen molar-refractivity contribution in [2.45, 2.75) is 134 Å². The monoisotopic (exact) mass is 943 g/mol. The number of hydrogen-bond donors (Lipinski definition) is 4. The molecule has 22 heteroatoms. The van der Waals surface area contributed by atoms with Gasteiger partial charge in [-0.1, -0.05) is 39.5 Å². The molecule has 0 radical (unpaired) electrons. The van der Waals surface area contributed by atoms with Gasteiger partial charge in [0.15, 0.2) is 37.0 Å². The average Bonchev–Trinajstić information content (AvgIpc) is 3.42. The number of aliphatic carboxylic acids is 1. The van der Waals surface area contributed by atoms with Crippen molar-refractivity contribution < 1.29 is 91.1 Å². The molecule has 20 nitrogen and oxygen atoms in total. The summed E-state index contributed by atoms with van der Waals surface area (Å²) in [7, 11) is 0. The maximum absolute atomic E-state index is 13.4. The fraction of sp³-hybridized carbons (Fsp3) is 0.714. The van der Waals surface area contributed by atoms with Gasteiger partial charge in [0, 0.05) is 24.8 Å². The number of carboxylic acid groups (broad SMARTS) is 1. The molecule has 1 heterocycles. The molecule has 4 aliphatic carbocycles. The normalized spacial score (nSPS) is 34.4. The number of phenols is 1. The Hall–Kier alpha value is -3.10. The van der Waals surface area contributed by atoms with E-state index >= 15 is 0 Å². The highest BCUT2D eigenvalue weighted by Gasteiger charge is 2.67. The van der Waals surface area contributed by atoms with Crippen LogP contribution in [0.4, 0.5) is 0 Å². The Morgan fingerprint density at radius 2 is 1.67 bits per heavy atom. The van der Waals surface area contributed by atoms with Gasteiger partial charge < -0.3 is 50.1 Å². The molecule has 1 amide bonds. The van der Waals surface area contributed by atoms with Crippen LogP contribution < -0.4 is 15.8 Å². The van der Waals surface area contributed by atoms with E-state index in [1.165, 1.54) is 12.1 Å². The summed E-state index contributed by atoms with van der Waals surface area (Å²) in [5, 5.41) is 63.0. The third-order valence-electron chi connectivity index (χ3n) is 13.9. The molecule has 1 aromatic rings. The largest absolute Gasteiger partial charge is 0.691 e. The third-order valence-corrected chi connectivity index (χ3v) is 14.7. The number of nitrogens with one attached hydrogen (secondary N) is 1. The first-order valence-electron chi connectivity index (χ1n) is 21.5. The van der Waals surface area contributed by atoms with Gasteiger partial charge in [0.05, 0.1) is 24.5 Å². The molecule has 358 valence electrons. The molecule has 5 fully saturated rings. The number of esters is 2. The van der Waals surface area contributed by atoms with Crippen molar-refractivity contribution in [3.63, 3.8) is 0 Å². The van der Waals surface area contributed by atoms with E-state index < -0.39 is 90.1 Å². The Bertz CT molecular complexity index is 1770. The molecular weight excluding hydrogens is 887 g/mol. The summed E-state index contributed by atoms with van der Waals surface area (Å²) in [5.74, 6) is -3.90. The summed E-state index contributed by atoms with van der Waals surface area (Å²) in [5.41, 5.74) is 0.648. The van der Waals surface area contributed by atoms with Crippen LogP contribution in [0.3, 0.4) is 0 Å². The Morgan fingerprint density at radius 3 is 2.34 bits per heavy atom. The summed E-state index contributed by atoms with van der Waals surface area (Å²) in [6.45, 7) is 9.58. The second kappa shape index (κ2) is 22.6. The molecule has 8 unspecified atom stereocenters. The number of aliphatic hydroxyl groups excluding tert-OH is 1. The lowest BCUT2D eigenvalue weighted by molar-refractivity contribution is -0.778. The van der Waals surface area contributed by atoms with Crippen molar-refractivity contribution in [3.8, 4) is 5.75 Å². The molecule has 13 atom stereocenters. The number of amides is 1. The summed E-state index contributed by atoms with van der Waals surface area (Å²) in [6, 6.07) is 6.51. The second-order valence-electron chi connectivity index (χ2n) is 18.1. The zero-order valence-corrected chi connectivity index (χ0v) is 37.5. The van der Waals surface area contributed by atoms with Crippen LogP contribution in [0.5, 0.6) is 5.75 Å². The number of phenolic OH excluding ortho intramolecular Hbond substituents is 1. The van der Waals surface area contributed by atoms with Crippen LogP contribution in [0.15, 0.2) is 36.4 Å². The number of ether oxygens (including phenoxy) is 4. The van der Waals surface area contributed by atoms with Crippen LogP contribution in [0.2, 0.25) is 0 Å². The van der Waals surface area contributed by atoms with Gasteiger partial charge in [-0.3, -0.25) is 37.6 Å². The van der Waals surface area contributed by atoms with Gasteiger partial charge in [0.1, 0.15) is 30.7 Å². The van der Waals surface area contributed by atoms with Crippen molar-refractivity contribution in [1.29, 1.82) is 0 Å². The highest BCUT2D eigenvalue weighted by molar-refractivity contribution is 7.90. The third kappa shape index (κ3) is 11.7. The highest BCUT2D eigenvalue weighted by atomic mass is 32.2. The fourth-order valence-electron chi connectivity index (χ4n) is 11.2. The molecule has 1 aromatic carbocycles. The quantitative estimate of drug-likeness (QED) is 0.0247. The lowest BCUT2D eigenvalue weighted by atomic mass is 9.43. The van der Waals surface area contributed by atoms with Gasteiger partial charge in [0.25, 0.3) is 0 Å². The number of carbonyl (C=O) groups excluding carboxylic acids is 3. The average molecular weight is 944 g/mol. The van der Waals surface area contributed by atoms with E-state index in [0.29, 0.717) is 25.7 Å². The Kier molecular flexibility index (Phi) is 17.8. The minimum atomic E-state index is -1.55. The van der Waals surface area contributed by atoms with E-state index in [1.54, 1.807) is 26.0 Å². The standard InChI is InChI=1S/C42H59NO19S2/c1-22(2)17-34(47)56-37-36(58-64-62-60-52)35(57-63-61-59-51)30(21-53-33(46)12-11-32(45)43-16-14-24-5-8-26(44)9-6-24)55-40(37)54-27-18-28(39(49)50)29-13-15-42-19-25(23(3)38(42)48)7-10-31(42)41(29,4)20-27/h5-6,8-9,22,25,27-31,35-38,40,44,48,51-52H,3,7,10-21H2,1-2,4H3,(H,43,45)(H,49,50)/p-2/t25?,27?,28?,29?,30-,31?,35+,36+,37?,38-,40+,41?,42?/m0/s1. The minimum absolute atomic E-state index is 0.0441. The molecule has 64 heavy (non-hydrogen) atoms. The fourth-order valence-corrected chi connectivity index (χ4v) is 12.0. The van der Waals surface area contributed by atoms with Crippen molar-refractivity contribution in [3.05, 3.63) is 42.0 Å². The summed E-state index contributed by atoms with van der Waals surface area (Å²) in [6.07, 6.45) is -5.04. The summed E-state index contributed by atoms with van der Waals surface area (Å²) in [4.78, 5) is 52.1. The number of benzene rings is 1. The Morgan fingerprint density at radius 1 is 0.969 bits per heavy atom. The first-order valence-corrected chi connectivity index (χ1v) is 22.8. The second-order valence-corrected chi connectivity index (χ2v) is 19.0. The van der Waals surface area contributed by atoms with Gasteiger partial charge in [-0.15, -0.1) is 8.67 Å². The molecule has 4 N–H and O–H groups in total. The van der Waals surface area contributed by atoms with E-state index in [-0.39, 0.29) is 86.3 Å². The predicted octanol–water partition coefficient (Wildman–Crippen LogP) is 3.03. The van der Waals surface area contributed by atoms with Crippen LogP contribution in [0, 0.1) is 40.4 Å². The number of hydrogen-bond acceptors (Lipinski definition) is 20. The number of aliphatic hydroxyl groups is 1. The van der Waals surface area contributed by atoms with Crippen molar-refractivity contribution in [2.75, 3.05) is 13.2 Å².